The van der Waals surface area contributed by atoms with Crippen molar-refractivity contribution < 1.29 is 4.92 Å². The van der Waals surface area contributed by atoms with Gasteiger partial charge in [0.05, 0.1) is 21.7 Å². The third kappa shape index (κ3) is 4.81. The predicted octanol–water partition coefficient (Wildman–Crippen LogP) is 5.61. The fraction of sp³-hybridized carbons (Fsp3) is 0.0588. The molecular weight excluding hydrogens is 392 g/mol. The van der Waals surface area contributed by atoms with E-state index in [4.69, 9.17) is 11.6 Å². The number of nitro benzene ring substituents is 1. The fourth-order valence-electron chi connectivity index (χ4n) is 2.04. The van der Waals surface area contributed by atoms with Crippen LogP contribution in [0.4, 0.5) is 10.8 Å². The van der Waals surface area contributed by atoms with E-state index in [1.807, 2.05) is 24.4 Å². The lowest BCUT2D eigenvalue weighted by molar-refractivity contribution is -0.387. The molecule has 1 N–H and O–H groups in total. The molecule has 6 nitrogen and oxygen atoms in total. The van der Waals surface area contributed by atoms with E-state index in [2.05, 4.69) is 15.5 Å². The van der Waals surface area contributed by atoms with E-state index in [1.165, 1.54) is 35.4 Å². The van der Waals surface area contributed by atoms with Gasteiger partial charge in [0.1, 0.15) is 0 Å². The van der Waals surface area contributed by atoms with Gasteiger partial charge in [-0.25, -0.2) is 4.98 Å². The van der Waals surface area contributed by atoms with Crippen LogP contribution < -0.4 is 5.43 Å². The van der Waals surface area contributed by atoms with Crippen molar-refractivity contribution >= 4 is 51.7 Å². The molecule has 0 saturated carbocycles. The van der Waals surface area contributed by atoms with E-state index < -0.39 is 4.92 Å². The van der Waals surface area contributed by atoms with Crippen LogP contribution in [-0.2, 0) is 0 Å². The van der Waals surface area contributed by atoms with E-state index in [-0.39, 0.29) is 5.69 Å². The van der Waals surface area contributed by atoms with E-state index in [9.17, 15) is 10.1 Å². The number of aryl methyl sites for hydroxylation is 1. The number of thiazole rings is 1. The van der Waals surface area contributed by atoms with Crippen LogP contribution in [0.1, 0.15) is 11.3 Å². The Morgan fingerprint density at radius 1 is 1.31 bits per heavy atom. The van der Waals surface area contributed by atoms with Crippen LogP contribution in [0, 0.1) is 17.0 Å². The number of nitrogens with one attached hydrogen (secondary N) is 1. The number of benzene rings is 2. The summed E-state index contributed by atoms with van der Waals surface area (Å²) in [5.74, 6) is 0. The molecule has 0 amide bonds. The van der Waals surface area contributed by atoms with E-state index >= 15 is 0 Å². The van der Waals surface area contributed by atoms with Crippen LogP contribution in [0.3, 0.4) is 0 Å². The maximum Gasteiger partial charge on any atom is 0.283 e. The van der Waals surface area contributed by atoms with Crippen molar-refractivity contribution in [1.29, 1.82) is 0 Å². The van der Waals surface area contributed by atoms with Gasteiger partial charge in [0, 0.05) is 26.9 Å². The first-order valence-corrected chi connectivity index (χ1v) is 9.52. The van der Waals surface area contributed by atoms with Crippen LogP contribution >= 0.6 is 34.7 Å². The van der Waals surface area contributed by atoms with Gasteiger partial charge in [0.15, 0.2) is 0 Å². The standard InChI is InChI=1S/C17H13ClN4O2S2/c1-11-10-25-17(20-11)21-19-9-12-2-7-16(15(8-12)22(23)24)26-14-5-3-13(18)4-6-14/h2-10H,1H3,(H,20,21). The molecule has 0 atom stereocenters. The minimum absolute atomic E-state index is 0.0268. The van der Waals surface area contributed by atoms with Crippen molar-refractivity contribution in [2.24, 2.45) is 5.10 Å². The second-order valence-corrected chi connectivity index (χ2v) is 7.61. The molecule has 0 radical (unpaired) electrons. The van der Waals surface area contributed by atoms with Gasteiger partial charge in [-0.05, 0) is 37.3 Å². The molecule has 3 aromatic rings. The number of nitro groups is 1. The Balaban J connectivity index is 1.77. The summed E-state index contributed by atoms with van der Waals surface area (Å²) in [6.07, 6.45) is 1.53. The number of aromatic nitrogens is 1. The molecule has 0 aliphatic heterocycles. The van der Waals surface area contributed by atoms with Gasteiger partial charge in [0.25, 0.3) is 5.69 Å². The summed E-state index contributed by atoms with van der Waals surface area (Å²) in [5.41, 5.74) is 4.37. The first-order valence-electron chi connectivity index (χ1n) is 7.44. The van der Waals surface area contributed by atoms with Gasteiger partial charge in [0.2, 0.25) is 5.13 Å². The minimum atomic E-state index is -0.396. The maximum absolute atomic E-state index is 11.4. The molecular formula is C17H13ClN4O2S2. The van der Waals surface area contributed by atoms with E-state index in [0.29, 0.717) is 20.6 Å². The molecule has 2 aromatic carbocycles. The Hall–Kier alpha value is -2.42. The highest BCUT2D eigenvalue weighted by atomic mass is 35.5. The maximum atomic E-state index is 11.4. The summed E-state index contributed by atoms with van der Waals surface area (Å²) in [4.78, 5) is 16.7. The van der Waals surface area contributed by atoms with Crippen molar-refractivity contribution in [2.45, 2.75) is 16.7 Å². The molecule has 0 aliphatic carbocycles. The fourth-order valence-corrected chi connectivity index (χ4v) is 3.70. The average Bonchev–Trinajstić information content (AvgIpc) is 3.03. The Morgan fingerprint density at radius 2 is 2.08 bits per heavy atom. The zero-order valence-electron chi connectivity index (χ0n) is 13.5. The van der Waals surface area contributed by atoms with Gasteiger partial charge in [-0.3, -0.25) is 15.5 Å². The molecule has 0 fully saturated rings. The summed E-state index contributed by atoms with van der Waals surface area (Å²) < 4.78 is 0. The van der Waals surface area contributed by atoms with Crippen LogP contribution in [0.2, 0.25) is 5.02 Å². The van der Waals surface area contributed by atoms with Gasteiger partial charge >= 0.3 is 0 Å². The summed E-state index contributed by atoms with van der Waals surface area (Å²) in [7, 11) is 0. The molecule has 26 heavy (non-hydrogen) atoms. The van der Waals surface area contributed by atoms with Gasteiger partial charge in [-0.2, -0.15) is 5.10 Å². The highest BCUT2D eigenvalue weighted by Gasteiger charge is 2.15. The number of hydrogen-bond donors (Lipinski definition) is 1. The van der Waals surface area contributed by atoms with Crippen molar-refractivity contribution in [3.05, 3.63) is 74.2 Å². The number of nitrogens with zero attached hydrogens (tertiary/aromatic N) is 3. The monoisotopic (exact) mass is 404 g/mol. The summed E-state index contributed by atoms with van der Waals surface area (Å²) in [5, 5.41) is 18.7. The van der Waals surface area contributed by atoms with E-state index in [1.54, 1.807) is 24.3 Å². The highest BCUT2D eigenvalue weighted by Crippen LogP contribution is 2.35. The minimum Gasteiger partial charge on any atom is -0.258 e. The van der Waals surface area contributed by atoms with Crippen molar-refractivity contribution in [2.75, 3.05) is 5.43 Å². The molecule has 132 valence electrons. The first-order chi connectivity index (χ1) is 12.5. The summed E-state index contributed by atoms with van der Waals surface area (Å²) >= 11 is 8.62. The zero-order chi connectivity index (χ0) is 18.5. The topological polar surface area (TPSA) is 80.4 Å². The van der Waals surface area contributed by atoms with Crippen LogP contribution in [-0.4, -0.2) is 16.1 Å². The van der Waals surface area contributed by atoms with Crippen LogP contribution in [0.5, 0.6) is 0 Å². The lowest BCUT2D eigenvalue weighted by atomic mass is 10.2. The quantitative estimate of drug-likeness (QED) is 0.328. The van der Waals surface area contributed by atoms with Crippen LogP contribution in [0.25, 0.3) is 0 Å². The molecule has 0 spiro atoms. The first kappa shape index (κ1) is 18.4. The SMILES string of the molecule is Cc1csc(NN=Cc2ccc(Sc3ccc(Cl)cc3)c([N+](=O)[O-])c2)n1. The molecule has 0 unspecified atom stereocenters. The second-order valence-electron chi connectivity index (χ2n) is 5.20. The summed E-state index contributed by atoms with van der Waals surface area (Å²) in [6.45, 7) is 1.89. The third-order valence-electron chi connectivity index (χ3n) is 3.21. The van der Waals surface area contributed by atoms with Gasteiger partial charge in [-0.1, -0.05) is 29.4 Å². The van der Waals surface area contributed by atoms with Crippen molar-refractivity contribution in [3.63, 3.8) is 0 Å². The second kappa shape index (κ2) is 8.31. The highest BCUT2D eigenvalue weighted by molar-refractivity contribution is 7.99. The summed E-state index contributed by atoms with van der Waals surface area (Å²) in [6, 6.07) is 12.1. The number of rotatable bonds is 6. The average molecular weight is 405 g/mol. The predicted molar refractivity (Wildman–Crippen MR) is 107 cm³/mol. The van der Waals surface area contributed by atoms with Gasteiger partial charge in [-0.15, -0.1) is 11.3 Å². The Labute approximate surface area is 163 Å². The number of anilines is 1. The number of halogens is 1. The smallest absolute Gasteiger partial charge is 0.258 e. The molecule has 1 heterocycles. The Kier molecular flexibility index (Phi) is 5.87. The molecule has 0 saturated heterocycles. The lowest BCUT2D eigenvalue weighted by Gasteiger charge is -2.04. The molecule has 0 aliphatic rings. The lowest BCUT2D eigenvalue weighted by Crippen LogP contribution is -1.95. The zero-order valence-corrected chi connectivity index (χ0v) is 15.9. The van der Waals surface area contributed by atoms with Crippen molar-refractivity contribution in [1.82, 2.24) is 4.98 Å². The number of hydrazone groups is 1. The third-order valence-corrected chi connectivity index (χ3v) is 5.40. The number of hydrogen-bond acceptors (Lipinski definition) is 7. The molecule has 0 bridgehead atoms. The molecule has 9 heteroatoms. The Morgan fingerprint density at radius 3 is 2.73 bits per heavy atom. The largest absolute Gasteiger partial charge is 0.283 e. The normalized spacial score (nSPS) is 11.0. The Bertz CT molecular complexity index is 958. The van der Waals surface area contributed by atoms with Crippen LogP contribution in [0.15, 0.2) is 62.7 Å². The van der Waals surface area contributed by atoms with Gasteiger partial charge < -0.3 is 0 Å². The molecule has 3 rings (SSSR count). The molecule has 1 aromatic heterocycles. The van der Waals surface area contributed by atoms with Crippen molar-refractivity contribution in [3.8, 4) is 0 Å². The van der Waals surface area contributed by atoms with E-state index in [0.717, 1.165) is 10.6 Å².